The minimum atomic E-state index is -4.36. The minimum absolute atomic E-state index is 0.0265. The molecule has 1 heterocycles. The number of alkyl halides is 3. The number of hydrogen-bond acceptors (Lipinski definition) is 2. The molecule has 0 radical (unpaired) electrons. The standard InChI is InChI=1S/C21H29F3N2O/c1-4-13(2)25-18-8-6-16(11-18)20(27)26-10-9-15-5-7-17(21(22,23)24)12-19(15)14(26)3/h5,7,12-14,16,18,25H,4,6,8-11H2,1-3H3. The van der Waals surface area contributed by atoms with E-state index in [0.29, 0.717) is 30.6 Å². The van der Waals surface area contributed by atoms with Gasteiger partial charge in [0.15, 0.2) is 0 Å². The van der Waals surface area contributed by atoms with Crippen molar-refractivity contribution in [2.75, 3.05) is 6.54 Å². The van der Waals surface area contributed by atoms with Crippen LogP contribution in [0.4, 0.5) is 13.2 Å². The van der Waals surface area contributed by atoms with Gasteiger partial charge in [0.05, 0.1) is 11.6 Å². The highest BCUT2D eigenvalue weighted by atomic mass is 19.4. The van der Waals surface area contributed by atoms with Crippen LogP contribution in [-0.4, -0.2) is 29.4 Å². The van der Waals surface area contributed by atoms with Crippen LogP contribution in [0.5, 0.6) is 0 Å². The second-order valence-electron chi connectivity index (χ2n) is 8.05. The molecule has 4 unspecified atom stereocenters. The highest BCUT2D eigenvalue weighted by molar-refractivity contribution is 5.80. The fraction of sp³-hybridized carbons (Fsp3) is 0.667. The summed E-state index contributed by atoms with van der Waals surface area (Å²) < 4.78 is 39.2. The second kappa shape index (κ2) is 7.82. The molecule has 1 aromatic rings. The molecule has 27 heavy (non-hydrogen) atoms. The monoisotopic (exact) mass is 382 g/mol. The van der Waals surface area contributed by atoms with Crippen LogP contribution in [0.15, 0.2) is 18.2 Å². The summed E-state index contributed by atoms with van der Waals surface area (Å²) >= 11 is 0. The van der Waals surface area contributed by atoms with Gasteiger partial charge in [0.2, 0.25) is 5.91 Å². The van der Waals surface area contributed by atoms with Crippen molar-refractivity contribution in [2.45, 2.75) is 77.2 Å². The number of benzene rings is 1. The first-order valence-electron chi connectivity index (χ1n) is 9.97. The van der Waals surface area contributed by atoms with Crippen LogP contribution >= 0.6 is 0 Å². The smallest absolute Gasteiger partial charge is 0.335 e. The molecular weight excluding hydrogens is 353 g/mol. The molecule has 6 heteroatoms. The van der Waals surface area contributed by atoms with Crippen LogP contribution in [0, 0.1) is 5.92 Å². The predicted molar refractivity (Wildman–Crippen MR) is 99.3 cm³/mol. The molecule has 4 atom stereocenters. The van der Waals surface area contributed by atoms with E-state index in [1.807, 2.05) is 6.92 Å². The Morgan fingerprint density at radius 2 is 2.07 bits per heavy atom. The Balaban J connectivity index is 1.71. The van der Waals surface area contributed by atoms with Crippen molar-refractivity contribution in [1.29, 1.82) is 0 Å². The van der Waals surface area contributed by atoms with E-state index in [9.17, 15) is 18.0 Å². The van der Waals surface area contributed by atoms with E-state index in [4.69, 9.17) is 0 Å². The zero-order valence-electron chi connectivity index (χ0n) is 16.3. The maximum Gasteiger partial charge on any atom is 0.416 e. The van der Waals surface area contributed by atoms with Gasteiger partial charge in [-0.1, -0.05) is 13.0 Å². The van der Waals surface area contributed by atoms with E-state index < -0.39 is 11.7 Å². The van der Waals surface area contributed by atoms with Crippen molar-refractivity contribution in [3.05, 3.63) is 34.9 Å². The Hall–Kier alpha value is -1.56. The third-order valence-corrected chi connectivity index (χ3v) is 6.21. The van der Waals surface area contributed by atoms with Gasteiger partial charge < -0.3 is 10.2 Å². The van der Waals surface area contributed by atoms with Crippen molar-refractivity contribution >= 4 is 5.91 Å². The maximum atomic E-state index is 13.1. The lowest BCUT2D eigenvalue weighted by Crippen LogP contribution is -2.42. The van der Waals surface area contributed by atoms with Crippen molar-refractivity contribution < 1.29 is 18.0 Å². The number of nitrogens with one attached hydrogen (secondary N) is 1. The molecule has 1 saturated carbocycles. The second-order valence-corrected chi connectivity index (χ2v) is 8.05. The molecule has 0 aromatic heterocycles. The molecule has 1 fully saturated rings. The number of amides is 1. The molecule has 0 bridgehead atoms. The number of carbonyl (C=O) groups excluding carboxylic acids is 1. The first kappa shape index (κ1) is 20.2. The quantitative estimate of drug-likeness (QED) is 0.818. The minimum Gasteiger partial charge on any atom is -0.335 e. The van der Waals surface area contributed by atoms with Crippen molar-refractivity contribution in [1.82, 2.24) is 10.2 Å². The summed E-state index contributed by atoms with van der Waals surface area (Å²) in [5.41, 5.74) is 0.917. The van der Waals surface area contributed by atoms with E-state index >= 15 is 0 Å². The van der Waals surface area contributed by atoms with E-state index in [0.717, 1.165) is 37.3 Å². The van der Waals surface area contributed by atoms with Gasteiger partial charge in [-0.05, 0) is 69.2 Å². The van der Waals surface area contributed by atoms with E-state index in [1.165, 1.54) is 6.07 Å². The Labute approximate surface area is 159 Å². The van der Waals surface area contributed by atoms with Crippen LogP contribution < -0.4 is 5.32 Å². The average Bonchev–Trinajstić information content (AvgIpc) is 3.09. The Kier molecular flexibility index (Phi) is 5.84. The summed E-state index contributed by atoms with van der Waals surface area (Å²) in [5.74, 6) is 0.0698. The fourth-order valence-corrected chi connectivity index (χ4v) is 4.40. The Bertz CT molecular complexity index is 688. The van der Waals surface area contributed by atoms with Gasteiger partial charge in [-0.3, -0.25) is 4.79 Å². The zero-order valence-corrected chi connectivity index (χ0v) is 16.3. The van der Waals surface area contributed by atoms with Crippen LogP contribution in [0.2, 0.25) is 0 Å². The lowest BCUT2D eigenvalue weighted by molar-refractivity contribution is -0.138. The molecular formula is C21H29F3N2O. The number of nitrogens with zero attached hydrogens (tertiary/aromatic N) is 1. The molecule has 1 aliphatic carbocycles. The molecule has 150 valence electrons. The SMILES string of the molecule is CCC(C)NC1CCC(C(=O)N2CCc3ccc(C(F)(F)F)cc3C2C)C1. The topological polar surface area (TPSA) is 32.3 Å². The Morgan fingerprint density at radius 3 is 2.74 bits per heavy atom. The summed E-state index contributed by atoms with van der Waals surface area (Å²) in [7, 11) is 0. The Morgan fingerprint density at radius 1 is 1.33 bits per heavy atom. The van der Waals surface area contributed by atoms with Crippen LogP contribution in [0.3, 0.4) is 0 Å². The van der Waals surface area contributed by atoms with E-state index in [-0.39, 0.29) is 17.9 Å². The third kappa shape index (κ3) is 4.31. The summed E-state index contributed by atoms with van der Waals surface area (Å²) in [6, 6.07) is 4.42. The highest BCUT2D eigenvalue weighted by Gasteiger charge is 2.38. The molecule has 2 aliphatic rings. The average molecular weight is 382 g/mol. The van der Waals surface area contributed by atoms with E-state index in [2.05, 4.69) is 19.2 Å². The molecule has 0 spiro atoms. The number of carbonyl (C=O) groups is 1. The van der Waals surface area contributed by atoms with Gasteiger partial charge >= 0.3 is 6.18 Å². The van der Waals surface area contributed by atoms with Gasteiger partial charge in [0, 0.05) is 24.5 Å². The summed E-state index contributed by atoms with van der Waals surface area (Å²) in [6.07, 6.45) is -0.0337. The van der Waals surface area contributed by atoms with Gasteiger partial charge in [0.1, 0.15) is 0 Å². The van der Waals surface area contributed by atoms with Crippen molar-refractivity contribution in [2.24, 2.45) is 5.92 Å². The molecule has 1 N–H and O–H groups in total. The van der Waals surface area contributed by atoms with E-state index in [1.54, 1.807) is 11.0 Å². The fourth-order valence-electron chi connectivity index (χ4n) is 4.40. The first-order chi connectivity index (χ1) is 12.7. The van der Waals surface area contributed by atoms with Gasteiger partial charge in [-0.25, -0.2) is 0 Å². The molecule has 1 aromatic carbocycles. The number of fused-ring (bicyclic) bond motifs is 1. The lowest BCUT2D eigenvalue weighted by Gasteiger charge is -2.37. The zero-order chi connectivity index (χ0) is 19.8. The molecule has 1 amide bonds. The van der Waals surface area contributed by atoms with Crippen LogP contribution in [-0.2, 0) is 17.4 Å². The molecule has 3 rings (SSSR count). The summed E-state index contributed by atoms with van der Waals surface area (Å²) in [5, 5.41) is 3.57. The van der Waals surface area contributed by atoms with Crippen molar-refractivity contribution in [3.63, 3.8) is 0 Å². The predicted octanol–water partition coefficient (Wildman–Crippen LogP) is 4.71. The number of halogens is 3. The molecule has 3 nitrogen and oxygen atoms in total. The summed E-state index contributed by atoms with van der Waals surface area (Å²) in [4.78, 5) is 14.9. The third-order valence-electron chi connectivity index (χ3n) is 6.21. The summed E-state index contributed by atoms with van der Waals surface area (Å²) in [6.45, 7) is 6.71. The normalized spacial score (nSPS) is 26.7. The molecule has 0 saturated heterocycles. The van der Waals surface area contributed by atoms with Gasteiger partial charge in [-0.2, -0.15) is 13.2 Å². The van der Waals surface area contributed by atoms with Crippen molar-refractivity contribution in [3.8, 4) is 0 Å². The van der Waals surface area contributed by atoms with Gasteiger partial charge in [-0.15, -0.1) is 0 Å². The number of rotatable bonds is 4. The van der Waals surface area contributed by atoms with Crippen LogP contribution in [0.1, 0.15) is 69.2 Å². The largest absolute Gasteiger partial charge is 0.416 e. The maximum absolute atomic E-state index is 13.1. The molecule has 1 aliphatic heterocycles. The first-order valence-corrected chi connectivity index (χ1v) is 9.97. The highest BCUT2D eigenvalue weighted by Crippen LogP contribution is 2.38. The van der Waals surface area contributed by atoms with Crippen LogP contribution in [0.25, 0.3) is 0 Å². The van der Waals surface area contributed by atoms with Gasteiger partial charge in [0.25, 0.3) is 0 Å². The lowest BCUT2D eigenvalue weighted by atomic mass is 9.90. The number of hydrogen-bond donors (Lipinski definition) is 1.